The molecule has 5 N–H and O–H groups in total. The van der Waals surface area contributed by atoms with Crippen LogP contribution in [0, 0.1) is 0 Å². The monoisotopic (exact) mass is 313 g/mol. The Hall–Kier alpha value is -2.17. The summed E-state index contributed by atoms with van der Waals surface area (Å²) >= 11 is 0. The van der Waals surface area contributed by atoms with Gasteiger partial charge >= 0.3 is 5.69 Å². The van der Waals surface area contributed by atoms with Gasteiger partial charge in [0.25, 0.3) is 5.56 Å². The third kappa shape index (κ3) is 3.18. The van der Waals surface area contributed by atoms with Crippen molar-refractivity contribution >= 4 is 5.96 Å². The smallest absolute Gasteiger partial charge is 0.330 e. The largest absolute Gasteiger partial charge is 0.387 e. The zero-order chi connectivity index (χ0) is 16.4. The van der Waals surface area contributed by atoms with E-state index in [2.05, 4.69) is 9.98 Å². The predicted molar refractivity (Wildman–Crippen MR) is 77.4 cm³/mol. The molecule has 10 nitrogen and oxygen atoms in total. The van der Waals surface area contributed by atoms with E-state index < -0.39 is 35.8 Å². The Balaban J connectivity index is 2.18. The van der Waals surface area contributed by atoms with E-state index in [1.165, 1.54) is 6.20 Å². The molecule has 4 atom stereocenters. The molecule has 0 aliphatic carbocycles. The van der Waals surface area contributed by atoms with Crippen LogP contribution < -0.4 is 17.0 Å². The standard InChI is InChI=1S/C12H19N5O5/c1-16(2)11(13)14-5-6-8(19)9(20)10(22-6)17-4-3-7(18)15-12(17)21/h3-4,6,8-10,19-20H,5H2,1-2H3,(H2,13,14)(H,15,18,21)/t6-,8?,9?,10-/m1/s1. The van der Waals surface area contributed by atoms with Crippen LogP contribution in [0.2, 0.25) is 0 Å². The molecule has 1 aliphatic rings. The van der Waals surface area contributed by atoms with Crippen molar-refractivity contribution in [1.29, 1.82) is 0 Å². The molecule has 2 unspecified atom stereocenters. The number of hydrogen-bond donors (Lipinski definition) is 4. The van der Waals surface area contributed by atoms with Crippen molar-refractivity contribution in [3.63, 3.8) is 0 Å². The summed E-state index contributed by atoms with van der Waals surface area (Å²) in [4.78, 5) is 30.4. The van der Waals surface area contributed by atoms with Crippen molar-refractivity contribution in [1.82, 2.24) is 14.5 Å². The minimum absolute atomic E-state index is 0.0246. The van der Waals surface area contributed by atoms with E-state index in [9.17, 15) is 19.8 Å². The highest BCUT2D eigenvalue weighted by atomic mass is 16.6. The van der Waals surface area contributed by atoms with E-state index >= 15 is 0 Å². The van der Waals surface area contributed by atoms with Crippen LogP contribution in [0.1, 0.15) is 6.23 Å². The zero-order valence-corrected chi connectivity index (χ0v) is 12.2. The van der Waals surface area contributed by atoms with Crippen LogP contribution in [-0.2, 0) is 4.74 Å². The van der Waals surface area contributed by atoms with Gasteiger partial charge in [0, 0.05) is 26.4 Å². The second-order valence-corrected chi connectivity index (χ2v) is 5.16. The van der Waals surface area contributed by atoms with E-state index in [1.54, 1.807) is 19.0 Å². The Labute approximate surface area is 125 Å². The fraction of sp³-hybridized carbons (Fsp3) is 0.583. The van der Waals surface area contributed by atoms with Gasteiger partial charge in [-0.1, -0.05) is 0 Å². The molecule has 0 bridgehead atoms. The number of hydrogen-bond acceptors (Lipinski definition) is 6. The fourth-order valence-electron chi connectivity index (χ4n) is 2.06. The highest BCUT2D eigenvalue weighted by Gasteiger charge is 2.43. The lowest BCUT2D eigenvalue weighted by Gasteiger charge is -2.16. The van der Waals surface area contributed by atoms with Gasteiger partial charge in [-0.15, -0.1) is 0 Å². The van der Waals surface area contributed by atoms with Crippen LogP contribution in [0.15, 0.2) is 26.8 Å². The van der Waals surface area contributed by atoms with Gasteiger partial charge in [0.2, 0.25) is 0 Å². The predicted octanol–water partition coefficient (Wildman–Crippen LogP) is -2.97. The molecule has 1 aromatic rings. The van der Waals surface area contributed by atoms with E-state index in [-0.39, 0.29) is 12.5 Å². The Morgan fingerprint density at radius 1 is 1.45 bits per heavy atom. The molecule has 122 valence electrons. The second kappa shape index (κ2) is 6.30. The van der Waals surface area contributed by atoms with Gasteiger partial charge in [-0.25, -0.2) is 4.79 Å². The summed E-state index contributed by atoms with van der Waals surface area (Å²) in [5.41, 5.74) is 4.35. The number of guanidine groups is 1. The lowest BCUT2D eigenvalue weighted by molar-refractivity contribution is -0.0371. The van der Waals surface area contributed by atoms with Crippen molar-refractivity contribution in [2.75, 3.05) is 20.6 Å². The number of aromatic amines is 1. The normalized spacial score (nSPS) is 28.8. The molecule has 22 heavy (non-hydrogen) atoms. The topological polar surface area (TPSA) is 146 Å². The van der Waals surface area contributed by atoms with Gasteiger partial charge in [-0.05, 0) is 0 Å². The Bertz CT molecular complexity index is 666. The van der Waals surface area contributed by atoms with Crippen molar-refractivity contribution in [3.8, 4) is 0 Å². The van der Waals surface area contributed by atoms with Crippen molar-refractivity contribution in [2.45, 2.75) is 24.5 Å². The minimum atomic E-state index is -1.33. The average molecular weight is 313 g/mol. The summed E-state index contributed by atoms with van der Waals surface area (Å²) in [6.45, 7) is 0.0246. The molecule has 2 heterocycles. The number of aliphatic imine (C=N–C) groups is 1. The second-order valence-electron chi connectivity index (χ2n) is 5.16. The molecule has 0 spiro atoms. The van der Waals surface area contributed by atoms with Gasteiger partial charge in [0.05, 0.1) is 6.54 Å². The molecule has 2 rings (SSSR count). The lowest BCUT2D eigenvalue weighted by Crippen LogP contribution is -2.37. The molecular formula is C12H19N5O5. The van der Waals surface area contributed by atoms with Crippen molar-refractivity contribution < 1.29 is 14.9 Å². The number of nitrogens with one attached hydrogen (secondary N) is 1. The van der Waals surface area contributed by atoms with E-state index in [4.69, 9.17) is 10.5 Å². The quantitative estimate of drug-likeness (QED) is 0.344. The highest BCUT2D eigenvalue weighted by Crippen LogP contribution is 2.28. The summed E-state index contributed by atoms with van der Waals surface area (Å²) in [5, 5.41) is 20.0. The van der Waals surface area contributed by atoms with Gasteiger partial charge < -0.3 is 25.6 Å². The molecule has 0 saturated carbocycles. The maximum Gasteiger partial charge on any atom is 0.330 e. The Morgan fingerprint density at radius 3 is 2.73 bits per heavy atom. The first-order valence-electron chi connectivity index (χ1n) is 6.61. The number of rotatable bonds is 3. The lowest BCUT2D eigenvalue weighted by atomic mass is 10.1. The summed E-state index contributed by atoms with van der Waals surface area (Å²) in [6.07, 6.45) is -3.30. The maximum atomic E-state index is 11.7. The number of ether oxygens (including phenoxy) is 1. The number of H-pyrrole nitrogens is 1. The van der Waals surface area contributed by atoms with Crippen LogP contribution in [0.25, 0.3) is 0 Å². The number of aliphatic hydroxyl groups excluding tert-OH is 2. The zero-order valence-electron chi connectivity index (χ0n) is 12.2. The summed E-state index contributed by atoms with van der Waals surface area (Å²) in [7, 11) is 3.42. The van der Waals surface area contributed by atoms with Crippen LogP contribution in [-0.4, -0.2) is 69.6 Å². The number of nitrogens with two attached hydrogens (primary N) is 1. The van der Waals surface area contributed by atoms with E-state index in [1.807, 2.05) is 0 Å². The average Bonchev–Trinajstić information content (AvgIpc) is 2.73. The van der Waals surface area contributed by atoms with Crippen LogP contribution in [0.4, 0.5) is 0 Å². The van der Waals surface area contributed by atoms with Gasteiger partial charge in [0.1, 0.15) is 18.3 Å². The van der Waals surface area contributed by atoms with Gasteiger partial charge in [0.15, 0.2) is 12.2 Å². The minimum Gasteiger partial charge on any atom is -0.387 e. The molecule has 0 amide bonds. The molecule has 1 aromatic heterocycles. The third-order valence-electron chi connectivity index (χ3n) is 3.35. The molecular weight excluding hydrogens is 294 g/mol. The molecule has 1 saturated heterocycles. The van der Waals surface area contributed by atoms with Crippen LogP contribution in [0.3, 0.4) is 0 Å². The van der Waals surface area contributed by atoms with Gasteiger partial charge in [-0.3, -0.25) is 19.3 Å². The summed E-state index contributed by atoms with van der Waals surface area (Å²) in [5.74, 6) is 0.245. The molecule has 1 aliphatic heterocycles. The SMILES string of the molecule is CN(C)C(N)=NC[C@H]1O[C@@H](n2ccc(=O)[nH]c2=O)C(O)C1O. The highest BCUT2D eigenvalue weighted by molar-refractivity contribution is 5.77. The molecule has 1 fully saturated rings. The molecule has 0 radical (unpaired) electrons. The van der Waals surface area contributed by atoms with Gasteiger partial charge in [-0.2, -0.15) is 0 Å². The van der Waals surface area contributed by atoms with Crippen molar-refractivity contribution in [2.24, 2.45) is 10.7 Å². The first kappa shape index (κ1) is 16.2. The summed E-state index contributed by atoms with van der Waals surface area (Å²) in [6, 6.07) is 1.12. The van der Waals surface area contributed by atoms with Crippen LogP contribution in [0.5, 0.6) is 0 Å². The third-order valence-corrected chi connectivity index (χ3v) is 3.35. The Kier molecular flexibility index (Phi) is 4.64. The van der Waals surface area contributed by atoms with Crippen LogP contribution >= 0.6 is 0 Å². The number of aromatic nitrogens is 2. The fourth-order valence-corrected chi connectivity index (χ4v) is 2.06. The first-order valence-corrected chi connectivity index (χ1v) is 6.61. The molecule has 10 heteroatoms. The first-order chi connectivity index (χ1) is 10.3. The Morgan fingerprint density at radius 2 is 2.14 bits per heavy atom. The number of nitrogens with zero attached hydrogens (tertiary/aromatic N) is 3. The van der Waals surface area contributed by atoms with E-state index in [0.717, 1.165) is 10.6 Å². The molecule has 0 aromatic carbocycles. The van der Waals surface area contributed by atoms with Crippen molar-refractivity contribution in [3.05, 3.63) is 33.1 Å². The summed E-state index contributed by atoms with van der Waals surface area (Å²) < 4.78 is 6.49. The van der Waals surface area contributed by atoms with E-state index in [0.29, 0.717) is 0 Å². The number of aliphatic hydroxyl groups is 2. The maximum absolute atomic E-state index is 11.7.